The van der Waals surface area contributed by atoms with Crippen molar-refractivity contribution in [3.8, 4) is 5.69 Å². The highest BCUT2D eigenvalue weighted by molar-refractivity contribution is 7.98. The summed E-state index contributed by atoms with van der Waals surface area (Å²) in [6.07, 6.45) is 3.60. The third kappa shape index (κ3) is 4.52. The van der Waals surface area contributed by atoms with Gasteiger partial charge < -0.3 is 0 Å². The molecule has 2 heterocycles. The van der Waals surface area contributed by atoms with Crippen molar-refractivity contribution < 1.29 is 0 Å². The zero-order valence-corrected chi connectivity index (χ0v) is 18.9. The van der Waals surface area contributed by atoms with Gasteiger partial charge in [0.25, 0.3) is 5.56 Å². The van der Waals surface area contributed by atoms with Crippen molar-refractivity contribution in [1.29, 1.82) is 0 Å². The van der Waals surface area contributed by atoms with Crippen molar-refractivity contribution >= 4 is 29.8 Å². The Morgan fingerprint density at radius 3 is 2.36 bits per heavy atom. The van der Waals surface area contributed by atoms with E-state index in [0.29, 0.717) is 11.3 Å². The number of aromatic nitrogens is 2. The Kier molecular flexibility index (Phi) is 5.91. The van der Waals surface area contributed by atoms with Crippen LogP contribution in [0.25, 0.3) is 11.8 Å². The number of rotatable bonds is 6. The van der Waals surface area contributed by atoms with Gasteiger partial charge in [0.05, 0.1) is 23.2 Å². The molecule has 0 unspecified atom stereocenters. The number of H-pyrrole nitrogens is 1. The molecule has 1 aliphatic rings. The zero-order chi connectivity index (χ0) is 22.6. The summed E-state index contributed by atoms with van der Waals surface area (Å²) in [5, 5.41) is 11.7. The Balaban J connectivity index is 1.55. The number of aryl methyl sites for hydroxylation is 1. The fourth-order valence-electron chi connectivity index (χ4n) is 3.65. The van der Waals surface area contributed by atoms with E-state index < -0.39 is 0 Å². The predicted octanol–water partition coefficient (Wildman–Crippen LogP) is 5.64. The Hall–Kier alpha value is -3.90. The van der Waals surface area contributed by atoms with Gasteiger partial charge in [-0.15, -0.1) is 16.9 Å². The van der Waals surface area contributed by atoms with Crippen LogP contribution in [0.2, 0.25) is 0 Å². The van der Waals surface area contributed by atoms with Gasteiger partial charge in [0.1, 0.15) is 5.71 Å². The molecule has 6 heteroatoms. The van der Waals surface area contributed by atoms with Crippen molar-refractivity contribution in [2.24, 2.45) is 10.2 Å². The molecular formula is C27H22N4OS. The lowest BCUT2D eigenvalue weighted by atomic mass is 10.0. The van der Waals surface area contributed by atoms with E-state index in [1.807, 2.05) is 66.7 Å². The second-order valence-corrected chi connectivity index (χ2v) is 8.79. The van der Waals surface area contributed by atoms with Crippen LogP contribution in [0.15, 0.2) is 110 Å². The van der Waals surface area contributed by atoms with E-state index in [0.717, 1.165) is 33.1 Å². The second kappa shape index (κ2) is 9.30. The molecule has 4 aromatic rings. The lowest BCUT2D eigenvalue weighted by Gasteiger charge is -2.04. The van der Waals surface area contributed by atoms with Crippen LogP contribution in [-0.4, -0.2) is 21.7 Å². The number of hydrogen-bond acceptors (Lipinski definition) is 4. The number of benzene rings is 3. The van der Waals surface area contributed by atoms with E-state index in [4.69, 9.17) is 0 Å². The van der Waals surface area contributed by atoms with E-state index in [1.165, 1.54) is 5.56 Å². The molecule has 162 valence electrons. The van der Waals surface area contributed by atoms with Crippen LogP contribution in [0.5, 0.6) is 0 Å². The lowest BCUT2D eigenvalue weighted by Crippen LogP contribution is -2.16. The summed E-state index contributed by atoms with van der Waals surface area (Å²) in [6.45, 7) is 2.07. The number of nitrogens with one attached hydrogen (secondary N) is 1. The van der Waals surface area contributed by atoms with Gasteiger partial charge in [-0.1, -0.05) is 66.2 Å². The van der Waals surface area contributed by atoms with Crippen LogP contribution in [0.1, 0.15) is 22.4 Å². The largest absolute Gasteiger partial charge is 0.294 e. The van der Waals surface area contributed by atoms with Gasteiger partial charge >= 0.3 is 0 Å². The molecule has 3 aromatic carbocycles. The molecule has 0 fully saturated rings. The zero-order valence-electron chi connectivity index (χ0n) is 18.1. The number of nitrogens with zero attached hydrogens (tertiary/aromatic N) is 3. The molecule has 0 saturated heterocycles. The Morgan fingerprint density at radius 2 is 1.64 bits per heavy atom. The third-order valence-corrected chi connectivity index (χ3v) is 6.44. The van der Waals surface area contributed by atoms with Crippen molar-refractivity contribution in [3.63, 3.8) is 0 Å². The average Bonchev–Trinajstić information content (AvgIpc) is 3.45. The number of allylic oxidation sites excluding steroid dienone is 1. The van der Waals surface area contributed by atoms with Crippen molar-refractivity contribution in [2.75, 3.05) is 0 Å². The number of aromatic amines is 1. The molecule has 1 aromatic heterocycles. The molecule has 1 aliphatic heterocycles. The van der Waals surface area contributed by atoms with E-state index in [-0.39, 0.29) is 5.56 Å². The summed E-state index contributed by atoms with van der Waals surface area (Å²) in [6, 6.07) is 27.9. The van der Waals surface area contributed by atoms with Gasteiger partial charge in [-0.2, -0.15) is 5.10 Å². The van der Waals surface area contributed by atoms with Gasteiger partial charge in [0.15, 0.2) is 0 Å². The molecule has 33 heavy (non-hydrogen) atoms. The molecule has 0 radical (unpaired) electrons. The average molecular weight is 451 g/mol. The van der Waals surface area contributed by atoms with E-state index >= 15 is 0 Å². The Morgan fingerprint density at radius 1 is 0.939 bits per heavy atom. The van der Waals surface area contributed by atoms with Crippen LogP contribution < -0.4 is 5.56 Å². The van der Waals surface area contributed by atoms with Gasteiger partial charge in [-0.05, 0) is 37.3 Å². The first-order valence-electron chi connectivity index (χ1n) is 10.7. The van der Waals surface area contributed by atoms with Crippen LogP contribution in [0.4, 0.5) is 0 Å². The van der Waals surface area contributed by atoms with Crippen molar-refractivity contribution in [2.45, 2.75) is 17.6 Å². The fourth-order valence-corrected chi connectivity index (χ4v) is 4.51. The summed E-state index contributed by atoms with van der Waals surface area (Å²) in [7, 11) is 0. The normalized spacial score (nSPS) is 14.1. The molecule has 0 spiro atoms. The second-order valence-electron chi connectivity index (χ2n) is 7.74. The number of thioether (sulfide) groups is 1. The quantitative estimate of drug-likeness (QED) is 0.387. The van der Waals surface area contributed by atoms with Gasteiger partial charge in [0, 0.05) is 21.8 Å². The minimum absolute atomic E-state index is 0.0964. The predicted molar refractivity (Wildman–Crippen MR) is 137 cm³/mol. The van der Waals surface area contributed by atoms with Crippen molar-refractivity contribution in [3.05, 3.63) is 123 Å². The smallest absolute Gasteiger partial charge is 0.278 e. The highest BCUT2D eigenvalue weighted by Crippen LogP contribution is 2.25. The van der Waals surface area contributed by atoms with Crippen LogP contribution >= 0.6 is 11.8 Å². The highest BCUT2D eigenvalue weighted by Gasteiger charge is 2.18. The Labute approximate surface area is 196 Å². The maximum atomic E-state index is 13.5. The summed E-state index contributed by atoms with van der Waals surface area (Å²) in [5.74, 6) is 0.631. The molecule has 1 N–H and O–H groups in total. The van der Waals surface area contributed by atoms with E-state index in [1.54, 1.807) is 22.7 Å². The lowest BCUT2D eigenvalue weighted by molar-refractivity contribution is 0.833. The maximum absolute atomic E-state index is 13.5. The molecule has 0 atom stereocenters. The third-order valence-electron chi connectivity index (χ3n) is 5.40. The van der Waals surface area contributed by atoms with Crippen LogP contribution in [-0.2, 0) is 5.75 Å². The molecule has 0 bridgehead atoms. The van der Waals surface area contributed by atoms with Gasteiger partial charge in [-0.3, -0.25) is 9.89 Å². The summed E-state index contributed by atoms with van der Waals surface area (Å²) >= 11 is 1.69. The van der Waals surface area contributed by atoms with Crippen LogP contribution in [0, 0.1) is 6.92 Å². The molecule has 0 saturated carbocycles. The number of para-hydroxylation sites is 1. The molecule has 5 rings (SSSR count). The van der Waals surface area contributed by atoms with Gasteiger partial charge in [-0.25, -0.2) is 4.68 Å². The SMILES string of the molecule is Cc1ccc(SCc2[nH]n(-c3ccccc3)c(=O)c2/C=C2\C=NN=C2c2ccccc2)cc1. The summed E-state index contributed by atoms with van der Waals surface area (Å²) in [4.78, 5) is 14.6. The number of hydrogen-bond donors (Lipinski definition) is 1. The molecule has 5 nitrogen and oxygen atoms in total. The van der Waals surface area contributed by atoms with Gasteiger partial charge in [0.2, 0.25) is 0 Å². The molecular weight excluding hydrogens is 428 g/mol. The van der Waals surface area contributed by atoms with Crippen LogP contribution in [0.3, 0.4) is 0 Å². The minimum atomic E-state index is -0.0964. The Bertz CT molecular complexity index is 1410. The first-order chi connectivity index (χ1) is 16.2. The monoisotopic (exact) mass is 450 g/mol. The molecule has 0 amide bonds. The summed E-state index contributed by atoms with van der Waals surface area (Å²) in [5.41, 5.74) is 5.95. The maximum Gasteiger partial charge on any atom is 0.278 e. The van der Waals surface area contributed by atoms with E-state index in [2.05, 4.69) is 46.5 Å². The topological polar surface area (TPSA) is 62.5 Å². The first kappa shape index (κ1) is 21.0. The minimum Gasteiger partial charge on any atom is -0.294 e. The van der Waals surface area contributed by atoms with Crippen molar-refractivity contribution in [1.82, 2.24) is 9.78 Å². The standard InChI is InChI=1S/C27H22N4OS/c1-19-12-14-23(15-13-19)33-18-25-24(27(32)31(30-25)22-10-6-3-7-11-22)16-21-17-28-29-26(21)20-8-4-2-5-9-20/h2-17,30H,18H2,1H3/b21-16+. The molecule has 0 aliphatic carbocycles. The van der Waals surface area contributed by atoms with E-state index in [9.17, 15) is 4.79 Å². The summed E-state index contributed by atoms with van der Waals surface area (Å²) < 4.78 is 1.60. The first-order valence-corrected chi connectivity index (χ1v) is 11.6. The highest BCUT2D eigenvalue weighted by atomic mass is 32.2. The fraction of sp³-hybridized carbons (Fsp3) is 0.0741.